The number of nitrogens with zero attached hydrogens (tertiary/aromatic N) is 2. The van der Waals surface area contributed by atoms with Gasteiger partial charge in [-0.2, -0.15) is 0 Å². The molecule has 0 aliphatic carbocycles. The van der Waals surface area contributed by atoms with Crippen LogP contribution < -0.4 is 14.8 Å². The number of hydrogen-bond donors (Lipinski definition) is 1. The number of likely N-dealkylation sites (tertiary alicyclic amines) is 1. The summed E-state index contributed by atoms with van der Waals surface area (Å²) in [4.78, 5) is 6.75. The number of para-hydroxylation sites is 2. The van der Waals surface area contributed by atoms with E-state index >= 15 is 0 Å². The fourth-order valence-corrected chi connectivity index (χ4v) is 3.62. The average molecular weight is 539 g/mol. The predicted octanol–water partition coefficient (Wildman–Crippen LogP) is 4.19. The van der Waals surface area contributed by atoms with Crippen LogP contribution in [0.4, 0.5) is 0 Å². The molecule has 1 aliphatic rings. The third kappa shape index (κ3) is 7.88. The van der Waals surface area contributed by atoms with Gasteiger partial charge in [-0.1, -0.05) is 42.5 Å². The summed E-state index contributed by atoms with van der Waals surface area (Å²) in [5.74, 6) is 2.93. The predicted molar refractivity (Wildman–Crippen MR) is 136 cm³/mol. The van der Waals surface area contributed by atoms with Crippen molar-refractivity contribution < 1.29 is 14.2 Å². The van der Waals surface area contributed by atoms with Crippen molar-refractivity contribution in [2.24, 2.45) is 10.9 Å². The van der Waals surface area contributed by atoms with E-state index in [1.165, 1.54) is 5.56 Å². The molecular formula is C24H34IN3O3. The lowest BCUT2D eigenvalue weighted by Crippen LogP contribution is -2.43. The molecule has 2 aromatic carbocycles. The van der Waals surface area contributed by atoms with Crippen LogP contribution in [-0.2, 0) is 11.3 Å². The zero-order valence-electron chi connectivity index (χ0n) is 18.6. The fraction of sp³-hybridized carbons (Fsp3) is 0.458. The van der Waals surface area contributed by atoms with Gasteiger partial charge < -0.3 is 24.4 Å². The number of aliphatic imine (C=N–C) groups is 1. The number of halogens is 1. The van der Waals surface area contributed by atoms with Gasteiger partial charge in [0.25, 0.3) is 0 Å². The van der Waals surface area contributed by atoms with Gasteiger partial charge in [0, 0.05) is 26.1 Å². The Balaban J connectivity index is 0.00000341. The largest absolute Gasteiger partial charge is 0.493 e. The van der Waals surface area contributed by atoms with Crippen LogP contribution in [-0.4, -0.2) is 57.4 Å². The zero-order valence-corrected chi connectivity index (χ0v) is 21.0. The van der Waals surface area contributed by atoms with E-state index in [4.69, 9.17) is 14.2 Å². The molecule has 2 atom stereocenters. The highest BCUT2D eigenvalue weighted by Crippen LogP contribution is 2.26. The van der Waals surface area contributed by atoms with Crippen LogP contribution in [0.3, 0.4) is 0 Å². The molecule has 0 radical (unpaired) electrons. The van der Waals surface area contributed by atoms with Crippen LogP contribution in [0.2, 0.25) is 0 Å². The van der Waals surface area contributed by atoms with Crippen molar-refractivity contribution in [2.75, 3.05) is 40.4 Å². The summed E-state index contributed by atoms with van der Waals surface area (Å²) in [6.07, 6.45) is 1.09. The Morgan fingerprint density at radius 2 is 1.84 bits per heavy atom. The number of rotatable bonds is 9. The number of ether oxygens (including phenoxy) is 3. The molecule has 2 unspecified atom stereocenters. The van der Waals surface area contributed by atoms with Gasteiger partial charge in [-0.3, -0.25) is 4.99 Å². The summed E-state index contributed by atoms with van der Waals surface area (Å²) in [5, 5.41) is 3.44. The molecule has 1 fully saturated rings. The van der Waals surface area contributed by atoms with Gasteiger partial charge in [0.15, 0.2) is 17.5 Å². The van der Waals surface area contributed by atoms with Gasteiger partial charge in [0.2, 0.25) is 0 Å². The van der Waals surface area contributed by atoms with Crippen LogP contribution in [0.5, 0.6) is 11.5 Å². The molecule has 1 aliphatic heterocycles. The lowest BCUT2D eigenvalue weighted by Gasteiger charge is -2.24. The van der Waals surface area contributed by atoms with Crippen molar-refractivity contribution in [1.29, 1.82) is 0 Å². The first-order chi connectivity index (χ1) is 14.7. The maximum Gasteiger partial charge on any atom is 0.193 e. The summed E-state index contributed by atoms with van der Waals surface area (Å²) in [5.41, 5.74) is 1.22. The van der Waals surface area contributed by atoms with Gasteiger partial charge in [0.05, 0.1) is 26.9 Å². The van der Waals surface area contributed by atoms with Crippen LogP contribution in [0.15, 0.2) is 59.6 Å². The molecule has 31 heavy (non-hydrogen) atoms. The van der Waals surface area contributed by atoms with Gasteiger partial charge in [0.1, 0.15) is 6.10 Å². The second kappa shape index (κ2) is 13.4. The number of methoxy groups -OCH3 is 1. The average Bonchev–Trinajstić information content (AvgIpc) is 3.24. The fourth-order valence-electron chi connectivity index (χ4n) is 3.62. The van der Waals surface area contributed by atoms with E-state index < -0.39 is 0 Å². The van der Waals surface area contributed by atoms with E-state index in [9.17, 15) is 0 Å². The SMILES string of the molecule is CN=C(NCC(C)Oc1ccccc1OC)N1CCC(COCc2ccccc2)C1.I. The molecule has 0 spiro atoms. The lowest BCUT2D eigenvalue weighted by molar-refractivity contribution is 0.0906. The number of guanidine groups is 1. The van der Waals surface area contributed by atoms with E-state index in [0.29, 0.717) is 19.1 Å². The Kier molecular flexibility index (Phi) is 10.9. The van der Waals surface area contributed by atoms with E-state index in [-0.39, 0.29) is 30.1 Å². The highest BCUT2D eigenvalue weighted by molar-refractivity contribution is 14.0. The van der Waals surface area contributed by atoms with Crippen LogP contribution in [0.25, 0.3) is 0 Å². The van der Waals surface area contributed by atoms with Gasteiger partial charge in [-0.25, -0.2) is 0 Å². The van der Waals surface area contributed by atoms with Gasteiger partial charge in [-0.15, -0.1) is 24.0 Å². The lowest BCUT2D eigenvalue weighted by atomic mass is 10.1. The van der Waals surface area contributed by atoms with Crippen molar-refractivity contribution >= 4 is 29.9 Å². The second-order valence-corrected chi connectivity index (χ2v) is 7.61. The van der Waals surface area contributed by atoms with Crippen molar-refractivity contribution in [1.82, 2.24) is 10.2 Å². The minimum absolute atomic E-state index is 0. The van der Waals surface area contributed by atoms with E-state index in [2.05, 4.69) is 27.3 Å². The van der Waals surface area contributed by atoms with Gasteiger partial charge in [-0.05, 0) is 31.0 Å². The van der Waals surface area contributed by atoms with Crippen LogP contribution in [0, 0.1) is 5.92 Å². The Morgan fingerprint density at radius 3 is 2.55 bits per heavy atom. The van der Waals surface area contributed by atoms with Gasteiger partial charge >= 0.3 is 0 Å². The molecule has 6 nitrogen and oxygen atoms in total. The normalized spacial score (nSPS) is 17.1. The van der Waals surface area contributed by atoms with Crippen LogP contribution >= 0.6 is 24.0 Å². The molecule has 2 aromatic rings. The van der Waals surface area contributed by atoms with E-state index in [1.807, 2.05) is 56.4 Å². The smallest absolute Gasteiger partial charge is 0.193 e. The number of benzene rings is 2. The first-order valence-electron chi connectivity index (χ1n) is 10.6. The molecule has 170 valence electrons. The molecule has 0 amide bonds. The maximum atomic E-state index is 6.03. The highest BCUT2D eigenvalue weighted by Gasteiger charge is 2.25. The summed E-state index contributed by atoms with van der Waals surface area (Å²) in [6, 6.07) is 18.0. The zero-order chi connectivity index (χ0) is 21.2. The minimum Gasteiger partial charge on any atom is -0.493 e. The Bertz CT molecular complexity index is 804. The van der Waals surface area contributed by atoms with Crippen molar-refractivity contribution in [3.05, 3.63) is 60.2 Å². The minimum atomic E-state index is -0.0225. The van der Waals surface area contributed by atoms with E-state index in [1.54, 1.807) is 7.11 Å². The number of nitrogens with one attached hydrogen (secondary N) is 1. The summed E-state index contributed by atoms with van der Waals surface area (Å²) in [6.45, 7) is 6.09. The number of hydrogen-bond acceptors (Lipinski definition) is 4. The second-order valence-electron chi connectivity index (χ2n) is 7.61. The highest BCUT2D eigenvalue weighted by atomic mass is 127. The topological polar surface area (TPSA) is 55.3 Å². The van der Waals surface area contributed by atoms with Crippen molar-refractivity contribution in [3.63, 3.8) is 0 Å². The molecule has 0 aromatic heterocycles. The first-order valence-corrected chi connectivity index (χ1v) is 10.6. The molecule has 7 heteroatoms. The molecule has 1 heterocycles. The monoisotopic (exact) mass is 539 g/mol. The summed E-state index contributed by atoms with van der Waals surface area (Å²) < 4.78 is 17.3. The summed E-state index contributed by atoms with van der Waals surface area (Å²) in [7, 11) is 3.48. The molecule has 3 rings (SSSR count). The third-order valence-corrected chi connectivity index (χ3v) is 5.21. The maximum absolute atomic E-state index is 6.03. The molecule has 0 bridgehead atoms. The Labute approximate surface area is 203 Å². The molecular weight excluding hydrogens is 505 g/mol. The molecule has 1 saturated heterocycles. The first kappa shape index (κ1) is 25.3. The van der Waals surface area contributed by atoms with Crippen molar-refractivity contribution in [3.8, 4) is 11.5 Å². The Hall–Kier alpha value is -2.00. The molecule has 1 N–H and O–H groups in total. The van der Waals surface area contributed by atoms with Crippen molar-refractivity contribution in [2.45, 2.75) is 26.1 Å². The van der Waals surface area contributed by atoms with E-state index in [0.717, 1.165) is 43.6 Å². The quantitative estimate of drug-likeness (QED) is 0.294. The van der Waals surface area contributed by atoms with Crippen LogP contribution in [0.1, 0.15) is 18.9 Å². The Morgan fingerprint density at radius 1 is 1.13 bits per heavy atom. The molecule has 0 saturated carbocycles. The summed E-state index contributed by atoms with van der Waals surface area (Å²) >= 11 is 0. The third-order valence-electron chi connectivity index (χ3n) is 5.21. The standard InChI is InChI=1S/C24H33N3O3.HI/c1-19(30-23-12-8-7-11-22(23)28-3)15-26-24(25-2)27-14-13-21(16-27)18-29-17-20-9-5-4-6-10-20;/h4-12,19,21H,13-18H2,1-3H3,(H,25,26);1H.